The van der Waals surface area contributed by atoms with Crippen LogP contribution in [0, 0.1) is 5.41 Å². The van der Waals surface area contributed by atoms with Crippen molar-refractivity contribution in [1.29, 1.82) is 0 Å². The molecule has 1 N–H and O–H groups in total. The number of hydrogen-bond acceptors (Lipinski definition) is 2. The number of fused-ring (bicyclic) bond motifs is 1. The highest BCUT2D eigenvalue weighted by atomic mass is 14.9. The molecule has 0 bridgehead atoms. The molecule has 1 aromatic heterocycles. The number of pyridine rings is 1. The Kier molecular flexibility index (Phi) is 3.75. The van der Waals surface area contributed by atoms with Gasteiger partial charge in [0.05, 0.1) is 0 Å². The first-order chi connectivity index (χ1) is 9.62. The smallest absolute Gasteiger partial charge is 0.0346 e. The molecule has 2 heteroatoms. The van der Waals surface area contributed by atoms with Crippen LogP contribution < -0.4 is 5.32 Å². The van der Waals surface area contributed by atoms with Gasteiger partial charge in [-0.3, -0.25) is 4.98 Å². The van der Waals surface area contributed by atoms with Crippen molar-refractivity contribution in [2.45, 2.75) is 52.1 Å². The lowest BCUT2D eigenvalue weighted by atomic mass is 9.75. The SMILES string of the molecule is CC1(C)CCC(NCc2ccc3cnccc3c2)CC1. The summed E-state index contributed by atoms with van der Waals surface area (Å²) in [6, 6.07) is 9.43. The number of benzene rings is 1. The van der Waals surface area contributed by atoms with E-state index in [4.69, 9.17) is 0 Å². The number of hydrogen-bond donors (Lipinski definition) is 1. The average molecular weight is 268 g/mol. The van der Waals surface area contributed by atoms with E-state index in [1.807, 2.05) is 12.4 Å². The van der Waals surface area contributed by atoms with Crippen LogP contribution >= 0.6 is 0 Å². The van der Waals surface area contributed by atoms with Gasteiger partial charge in [-0.1, -0.05) is 26.0 Å². The molecular weight excluding hydrogens is 244 g/mol. The molecule has 2 nitrogen and oxygen atoms in total. The summed E-state index contributed by atoms with van der Waals surface area (Å²) >= 11 is 0. The second-order valence-corrected chi connectivity index (χ2v) is 6.88. The van der Waals surface area contributed by atoms with Crippen LogP contribution in [0.15, 0.2) is 36.7 Å². The number of aromatic nitrogens is 1. The van der Waals surface area contributed by atoms with E-state index in [9.17, 15) is 0 Å². The zero-order chi connectivity index (χ0) is 14.0. The number of nitrogens with one attached hydrogen (secondary N) is 1. The van der Waals surface area contributed by atoms with Crippen LogP contribution in [0.25, 0.3) is 10.8 Å². The van der Waals surface area contributed by atoms with Gasteiger partial charge in [0, 0.05) is 30.4 Å². The van der Waals surface area contributed by atoms with Gasteiger partial charge < -0.3 is 5.32 Å². The van der Waals surface area contributed by atoms with Gasteiger partial charge in [0.25, 0.3) is 0 Å². The van der Waals surface area contributed by atoms with Crippen molar-refractivity contribution in [3.8, 4) is 0 Å². The van der Waals surface area contributed by atoms with Crippen LogP contribution in [0.2, 0.25) is 0 Å². The molecule has 0 saturated heterocycles. The summed E-state index contributed by atoms with van der Waals surface area (Å²) in [5.74, 6) is 0. The van der Waals surface area contributed by atoms with Gasteiger partial charge in [-0.25, -0.2) is 0 Å². The maximum Gasteiger partial charge on any atom is 0.0346 e. The van der Waals surface area contributed by atoms with E-state index < -0.39 is 0 Å². The van der Waals surface area contributed by atoms with Gasteiger partial charge >= 0.3 is 0 Å². The molecule has 0 unspecified atom stereocenters. The molecule has 0 spiro atoms. The zero-order valence-electron chi connectivity index (χ0n) is 12.5. The zero-order valence-corrected chi connectivity index (χ0v) is 12.5. The van der Waals surface area contributed by atoms with Gasteiger partial charge in [0.2, 0.25) is 0 Å². The lowest BCUT2D eigenvalue weighted by molar-refractivity contribution is 0.206. The minimum atomic E-state index is 0.550. The highest BCUT2D eigenvalue weighted by molar-refractivity contribution is 5.81. The molecule has 2 aromatic rings. The van der Waals surface area contributed by atoms with E-state index in [2.05, 4.69) is 48.4 Å². The summed E-state index contributed by atoms with van der Waals surface area (Å²) < 4.78 is 0. The van der Waals surface area contributed by atoms with Crippen molar-refractivity contribution in [1.82, 2.24) is 10.3 Å². The molecule has 0 atom stereocenters. The van der Waals surface area contributed by atoms with E-state index >= 15 is 0 Å². The van der Waals surface area contributed by atoms with Gasteiger partial charge in [0.1, 0.15) is 0 Å². The van der Waals surface area contributed by atoms with Crippen molar-refractivity contribution in [2.75, 3.05) is 0 Å². The van der Waals surface area contributed by atoms with Crippen LogP contribution in [0.1, 0.15) is 45.1 Å². The molecule has 1 aliphatic carbocycles. The lowest BCUT2D eigenvalue weighted by Crippen LogP contribution is -2.35. The van der Waals surface area contributed by atoms with Crippen LogP contribution in [0.5, 0.6) is 0 Å². The summed E-state index contributed by atoms with van der Waals surface area (Å²) in [5, 5.41) is 6.22. The van der Waals surface area contributed by atoms with E-state index in [-0.39, 0.29) is 0 Å². The monoisotopic (exact) mass is 268 g/mol. The molecule has 0 amide bonds. The summed E-state index contributed by atoms with van der Waals surface area (Å²) in [6.45, 7) is 5.75. The summed E-state index contributed by atoms with van der Waals surface area (Å²) in [4.78, 5) is 4.16. The van der Waals surface area contributed by atoms with Crippen molar-refractivity contribution in [3.63, 3.8) is 0 Å². The van der Waals surface area contributed by atoms with Crippen LogP contribution in [-0.4, -0.2) is 11.0 Å². The van der Waals surface area contributed by atoms with Gasteiger partial charge in [0.15, 0.2) is 0 Å². The lowest BCUT2D eigenvalue weighted by Gasteiger charge is -2.34. The first kappa shape index (κ1) is 13.6. The minimum absolute atomic E-state index is 0.550. The van der Waals surface area contributed by atoms with Crippen LogP contribution in [0.3, 0.4) is 0 Å². The third-order valence-electron chi connectivity index (χ3n) is 4.64. The van der Waals surface area contributed by atoms with Crippen molar-refractivity contribution >= 4 is 10.8 Å². The third kappa shape index (κ3) is 3.18. The Morgan fingerprint density at radius 2 is 1.95 bits per heavy atom. The predicted octanol–water partition coefficient (Wildman–Crippen LogP) is 4.29. The van der Waals surface area contributed by atoms with Gasteiger partial charge in [-0.15, -0.1) is 0 Å². The molecule has 1 aromatic carbocycles. The fraction of sp³-hybridized carbons (Fsp3) is 0.500. The Morgan fingerprint density at radius 3 is 2.75 bits per heavy atom. The molecule has 1 aliphatic rings. The highest BCUT2D eigenvalue weighted by Crippen LogP contribution is 2.35. The molecule has 0 aliphatic heterocycles. The maximum absolute atomic E-state index is 4.16. The molecule has 1 fully saturated rings. The molecule has 106 valence electrons. The number of nitrogens with zero attached hydrogens (tertiary/aromatic N) is 1. The Balaban J connectivity index is 1.60. The largest absolute Gasteiger partial charge is 0.310 e. The molecule has 0 radical (unpaired) electrons. The summed E-state index contributed by atoms with van der Waals surface area (Å²) in [5.41, 5.74) is 1.92. The fourth-order valence-electron chi connectivity index (χ4n) is 3.11. The quantitative estimate of drug-likeness (QED) is 0.898. The summed E-state index contributed by atoms with van der Waals surface area (Å²) in [7, 11) is 0. The van der Waals surface area contributed by atoms with E-state index in [0.29, 0.717) is 11.5 Å². The fourth-order valence-corrected chi connectivity index (χ4v) is 3.11. The molecular formula is C18H24N2. The van der Waals surface area contributed by atoms with Gasteiger partial charge in [-0.05, 0) is 54.2 Å². The van der Waals surface area contributed by atoms with E-state index in [1.165, 1.54) is 42.0 Å². The third-order valence-corrected chi connectivity index (χ3v) is 4.64. The Hall–Kier alpha value is -1.41. The topological polar surface area (TPSA) is 24.9 Å². The summed E-state index contributed by atoms with van der Waals surface area (Å²) in [6.07, 6.45) is 9.09. The second-order valence-electron chi connectivity index (χ2n) is 6.88. The van der Waals surface area contributed by atoms with Crippen LogP contribution in [-0.2, 0) is 6.54 Å². The molecule has 3 rings (SSSR count). The van der Waals surface area contributed by atoms with Gasteiger partial charge in [-0.2, -0.15) is 0 Å². The van der Waals surface area contributed by atoms with Crippen molar-refractivity contribution in [2.24, 2.45) is 5.41 Å². The Bertz CT molecular complexity index is 579. The minimum Gasteiger partial charge on any atom is -0.310 e. The predicted molar refractivity (Wildman–Crippen MR) is 84.6 cm³/mol. The Labute approximate surface area is 121 Å². The normalized spacial score (nSPS) is 19.3. The van der Waals surface area contributed by atoms with Crippen LogP contribution in [0.4, 0.5) is 0 Å². The number of rotatable bonds is 3. The first-order valence-electron chi connectivity index (χ1n) is 7.68. The average Bonchev–Trinajstić information content (AvgIpc) is 2.46. The first-order valence-corrected chi connectivity index (χ1v) is 7.68. The van der Waals surface area contributed by atoms with Crippen molar-refractivity contribution in [3.05, 3.63) is 42.2 Å². The standard InChI is InChI=1S/C18H24N2/c1-18(2)8-5-17(6-9-18)20-12-14-3-4-16-13-19-10-7-15(16)11-14/h3-4,7,10-11,13,17,20H,5-6,8-9,12H2,1-2H3. The van der Waals surface area contributed by atoms with E-state index in [0.717, 1.165) is 6.54 Å². The second kappa shape index (κ2) is 5.53. The highest BCUT2D eigenvalue weighted by Gasteiger charge is 2.26. The maximum atomic E-state index is 4.16. The molecule has 1 heterocycles. The molecule has 20 heavy (non-hydrogen) atoms. The van der Waals surface area contributed by atoms with Crippen molar-refractivity contribution < 1.29 is 0 Å². The van der Waals surface area contributed by atoms with E-state index in [1.54, 1.807) is 0 Å². The Morgan fingerprint density at radius 1 is 1.15 bits per heavy atom. The molecule has 1 saturated carbocycles.